The van der Waals surface area contributed by atoms with E-state index in [1.165, 1.54) is 0 Å². The summed E-state index contributed by atoms with van der Waals surface area (Å²) < 4.78 is 43.8. The van der Waals surface area contributed by atoms with Crippen molar-refractivity contribution in [3.63, 3.8) is 0 Å². The third kappa shape index (κ3) is 5.25. The molecule has 1 aromatic rings. The average molecular weight is 397 g/mol. The second-order valence-electron chi connectivity index (χ2n) is 7.42. The quantitative estimate of drug-likeness (QED) is 0.704. The minimum Gasteiger partial charge on any atom is -0.491 e. The summed E-state index contributed by atoms with van der Waals surface area (Å²) in [5.41, 5.74) is 5.00. The predicted molar refractivity (Wildman–Crippen MR) is 98.8 cm³/mol. The molecule has 0 spiro atoms. The summed E-state index contributed by atoms with van der Waals surface area (Å²) in [4.78, 5) is 15.4. The van der Waals surface area contributed by atoms with E-state index in [4.69, 9.17) is 4.74 Å². The Balaban J connectivity index is 1.66. The number of aldehydes is 1. The van der Waals surface area contributed by atoms with Crippen LogP contribution in [0.5, 0.6) is 5.75 Å². The highest BCUT2D eigenvalue weighted by Crippen LogP contribution is 2.38. The Labute approximate surface area is 162 Å². The number of rotatable bonds is 7. The summed E-state index contributed by atoms with van der Waals surface area (Å²) in [6.07, 6.45) is 1.66. The van der Waals surface area contributed by atoms with Gasteiger partial charge in [0, 0.05) is 36.3 Å². The lowest BCUT2D eigenvalue weighted by Crippen LogP contribution is -2.39. The zero-order valence-electron chi connectivity index (χ0n) is 16.0. The number of aryl methyl sites for hydroxylation is 1. The van der Waals surface area contributed by atoms with Gasteiger partial charge >= 0.3 is 6.18 Å². The number of carbonyl (C=O) groups excluding carboxylic acids is 1. The summed E-state index contributed by atoms with van der Waals surface area (Å²) in [6.45, 7) is 2.69. The Morgan fingerprint density at radius 2 is 2.11 bits per heavy atom. The van der Waals surface area contributed by atoms with Gasteiger partial charge in [-0.3, -0.25) is 4.79 Å². The van der Waals surface area contributed by atoms with E-state index >= 15 is 0 Å². The van der Waals surface area contributed by atoms with Gasteiger partial charge in [-0.15, -0.1) is 0 Å². The van der Waals surface area contributed by atoms with Crippen LogP contribution in [-0.4, -0.2) is 42.2 Å². The molecule has 1 aromatic heterocycles. The Bertz CT molecular complexity index is 721. The number of hydrogen-bond donors (Lipinski definition) is 1. The van der Waals surface area contributed by atoms with Crippen LogP contribution in [0.3, 0.4) is 0 Å². The van der Waals surface area contributed by atoms with Gasteiger partial charge < -0.3 is 9.75 Å². The number of hydrazine groups is 1. The minimum absolute atomic E-state index is 0.0867. The lowest BCUT2D eigenvalue weighted by atomic mass is 9.77. The van der Waals surface area contributed by atoms with E-state index in [2.05, 4.69) is 10.4 Å². The van der Waals surface area contributed by atoms with Crippen LogP contribution in [0.15, 0.2) is 23.9 Å². The molecular formula is C20H26F3N3O2. The molecule has 0 bridgehead atoms. The summed E-state index contributed by atoms with van der Waals surface area (Å²) in [6, 6.07) is 3.54. The van der Waals surface area contributed by atoms with E-state index in [1.54, 1.807) is 17.1 Å². The number of alkyl halides is 3. The van der Waals surface area contributed by atoms with Crippen LogP contribution in [0.1, 0.15) is 48.3 Å². The molecule has 1 N–H and O–H groups in total. The lowest BCUT2D eigenvalue weighted by Gasteiger charge is -2.36. The molecule has 3 rings (SSSR count). The van der Waals surface area contributed by atoms with E-state index in [1.807, 2.05) is 13.0 Å². The number of allylic oxidation sites excluding steroid dienone is 1. The van der Waals surface area contributed by atoms with Crippen LogP contribution in [0.25, 0.3) is 0 Å². The van der Waals surface area contributed by atoms with Gasteiger partial charge in [0.25, 0.3) is 0 Å². The Kier molecular flexibility index (Phi) is 6.59. The van der Waals surface area contributed by atoms with Gasteiger partial charge in [0.15, 0.2) is 6.29 Å². The molecule has 0 amide bonds. The molecule has 2 heterocycles. The van der Waals surface area contributed by atoms with E-state index in [9.17, 15) is 18.0 Å². The maximum absolute atomic E-state index is 12.6. The van der Waals surface area contributed by atoms with Gasteiger partial charge in [-0.25, -0.2) is 10.4 Å². The molecule has 0 aromatic carbocycles. The molecule has 2 unspecified atom stereocenters. The Morgan fingerprint density at radius 3 is 2.86 bits per heavy atom. The highest BCUT2D eigenvalue weighted by atomic mass is 19.4. The van der Waals surface area contributed by atoms with Crippen molar-refractivity contribution in [1.29, 1.82) is 0 Å². The molecular weight excluding hydrogens is 371 g/mol. The topological polar surface area (TPSA) is 54.5 Å². The minimum atomic E-state index is -4.17. The van der Waals surface area contributed by atoms with Crippen LogP contribution in [0.4, 0.5) is 13.2 Å². The molecule has 154 valence electrons. The van der Waals surface area contributed by atoms with Crippen molar-refractivity contribution in [2.24, 2.45) is 11.8 Å². The first-order valence-electron chi connectivity index (χ1n) is 9.71. The van der Waals surface area contributed by atoms with Crippen LogP contribution in [-0.2, 0) is 0 Å². The number of ether oxygens (including phenoxy) is 1. The Hall–Kier alpha value is -2.09. The summed E-state index contributed by atoms with van der Waals surface area (Å²) in [5.74, 6) is 0.793. The van der Waals surface area contributed by atoms with E-state index in [0.717, 1.165) is 37.1 Å². The van der Waals surface area contributed by atoms with Crippen molar-refractivity contribution in [2.45, 2.75) is 45.2 Å². The van der Waals surface area contributed by atoms with Gasteiger partial charge in [0.2, 0.25) is 0 Å². The lowest BCUT2D eigenvalue weighted by molar-refractivity contribution is -0.138. The monoisotopic (exact) mass is 397 g/mol. The zero-order chi connectivity index (χ0) is 20.1. The number of carbonyl (C=O) groups is 1. The molecule has 28 heavy (non-hydrogen) atoms. The first-order chi connectivity index (χ1) is 13.4. The molecule has 1 aliphatic heterocycles. The summed E-state index contributed by atoms with van der Waals surface area (Å²) in [5, 5.41) is 1.65. The van der Waals surface area contributed by atoms with Crippen molar-refractivity contribution in [1.82, 2.24) is 15.4 Å². The zero-order valence-corrected chi connectivity index (χ0v) is 16.0. The SMILES string of the molecule is Cc1ccc(OCC2CCCCC2C2=CCNN2CCC(F)(F)F)c(C=O)n1. The van der Waals surface area contributed by atoms with Gasteiger partial charge in [-0.1, -0.05) is 12.8 Å². The molecule has 1 aliphatic carbocycles. The molecule has 1 saturated carbocycles. The summed E-state index contributed by atoms with van der Waals surface area (Å²) >= 11 is 0. The van der Waals surface area contributed by atoms with Gasteiger partial charge in [-0.2, -0.15) is 13.2 Å². The second-order valence-corrected chi connectivity index (χ2v) is 7.42. The van der Waals surface area contributed by atoms with E-state index in [-0.39, 0.29) is 24.1 Å². The van der Waals surface area contributed by atoms with Crippen molar-refractivity contribution in [3.05, 3.63) is 35.3 Å². The standard InChI is InChI=1S/C20H26F3N3O2/c1-14-6-7-19(17(12-27)25-14)28-13-15-4-2-3-5-16(15)18-8-10-24-26(18)11-9-20(21,22)23/h6-8,12,15-16,24H,2-5,9-11,13H2,1H3. The normalized spacial score (nSPS) is 22.9. The largest absolute Gasteiger partial charge is 0.491 e. The third-order valence-electron chi connectivity index (χ3n) is 5.40. The smallest absolute Gasteiger partial charge is 0.390 e. The number of nitrogens with zero attached hydrogens (tertiary/aromatic N) is 2. The van der Waals surface area contributed by atoms with E-state index in [0.29, 0.717) is 25.2 Å². The highest BCUT2D eigenvalue weighted by molar-refractivity contribution is 5.76. The average Bonchev–Trinajstić information content (AvgIpc) is 3.13. The maximum atomic E-state index is 12.6. The fourth-order valence-corrected chi connectivity index (χ4v) is 4.02. The molecule has 2 aliphatic rings. The van der Waals surface area contributed by atoms with Crippen LogP contribution in [0, 0.1) is 18.8 Å². The van der Waals surface area contributed by atoms with Crippen molar-refractivity contribution < 1.29 is 22.7 Å². The number of pyridine rings is 1. The molecule has 0 radical (unpaired) electrons. The molecule has 1 fully saturated rings. The highest BCUT2D eigenvalue weighted by Gasteiger charge is 2.35. The van der Waals surface area contributed by atoms with E-state index < -0.39 is 12.6 Å². The first-order valence-corrected chi connectivity index (χ1v) is 9.71. The van der Waals surface area contributed by atoms with Gasteiger partial charge in [-0.05, 0) is 38.0 Å². The molecule has 2 atom stereocenters. The number of hydrogen-bond acceptors (Lipinski definition) is 5. The first kappa shape index (κ1) is 20.6. The maximum Gasteiger partial charge on any atom is 0.390 e. The number of aromatic nitrogens is 1. The molecule has 5 nitrogen and oxygen atoms in total. The number of halogens is 3. The fourth-order valence-electron chi connectivity index (χ4n) is 4.02. The van der Waals surface area contributed by atoms with Gasteiger partial charge in [0.1, 0.15) is 11.4 Å². The van der Waals surface area contributed by atoms with Crippen LogP contribution in [0.2, 0.25) is 0 Å². The second kappa shape index (κ2) is 8.94. The van der Waals surface area contributed by atoms with Crippen molar-refractivity contribution >= 4 is 6.29 Å². The van der Waals surface area contributed by atoms with Crippen LogP contribution < -0.4 is 10.2 Å². The predicted octanol–water partition coefficient (Wildman–Crippen LogP) is 4.04. The number of nitrogens with one attached hydrogen (secondary N) is 1. The van der Waals surface area contributed by atoms with Crippen molar-refractivity contribution in [3.8, 4) is 5.75 Å². The molecule has 8 heteroatoms. The van der Waals surface area contributed by atoms with Gasteiger partial charge in [0.05, 0.1) is 13.0 Å². The van der Waals surface area contributed by atoms with Crippen molar-refractivity contribution in [2.75, 3.05) is 19.7 Å². The van der Waals surface area contributed by atoms with Crippen LogP contribution >= 0.6 is 0 Å². The summed E-state index contributed by atoms with van der Waals surface area (Å²) in [7, 11) is 0. The fraction of sp³-hybridized carbons (Fsp3) is 0.600. The molecule has 0 saturated heterocycles. The third-order valence-corrected chi connectivity index (χ3v) is 5.40. The Morgan fingerprint density at radius 1 is 1.32 bits per heavy atom.